The lowest BCUT2D eigenvalue weighted by atomic mass is 10.1. The van der Waals surface area contributed by atoms with Gasteiger partial charge in [0.25, 0.3) is 5.91 Å². The maximum atomic E-state index is 13.6. The van der Waals surface area contributed by atoms with E-state index in [4.69, 9.17) is 0 Å². The van der Waals surface area contributed by atoms with Crippen LogP contribution in [0, 0.1) is 19.7 Å². The van der Waals surface area contributed by atoms with Crippen LogP contribution in [0.1, 0.15) is 27.2 Å². The minimum atomic E-state index is -0.324. The molecule has 0 fully saturated rings. The van der Waals surface area contributed by atoms with Gasteiger partial charge in [0.2, 0.25) is 0 Å². The summed E-state index contributed by atoms with van der Waals surface area (Å²) in [6.07, 6.45) is 2.85. The molecule has 1 aromatic heterocycles. The SMILES string of the molecule is Cc1cccc(C)c1NC(=O)c1cnc(NCc2ccccc2F)cn1. The van der Waals surface area contributed by atoms with Gasteiger partial charge in [-0.15, -0.1) is 0 Å². The first kappa shape index (κ1) is 17.5. The minimum Gasteiger partial charge on any atom is -0.365 e. The van der Waals surface area contributed by atoms with Crippen LogP contribution >= 0.6 is 0 Å². The molecule has 132 valence electrons. The average molecular weight is 350 g/mol. The van der Waals surface area contributed by atoms with E-state index in [1.54, 1.807) is 18.2 Å². The van der Waals surface area contributed by atoms with Crippen LogP contribution in [0.2, 0.25) is 0 Å². The predicted molar refractivity (Wildman–Crippen MR) is 99.6 cm³/mol. The molecule has 0 saturated carbocycles. The first-order valence-corrected chi connectivity index (χ1v) is 8.21. The Morgan fingerprint density at radius 1 is 1.00 bits per heavy atom. The van der Waals surface area contributed by atoms with Gasteiger partial charge in [0.15, 0.2) is 0 Å². The Morgan fingerprint density at radius 3 is 2.38 bits per heavy atom. The molecule has 0 bridgehead atoms. The molecule has 3 rings (SSSR count). The van der Waals surface area contributed by atoms with Crippen LogP contribution in [0.4, 0.5) is 15.9 Å². The highest BCUT2D eigenvalue weighted by molar-refractivity contribution is 6.03. The zero-order valence-corrected chi connectivity index (χ0v) is 14.6. The van der Waals surface area contributed by atoms with Gasteiger partial charge in [0.1, 0.15) is 17.3 Å². The lowest BCUT2D eigenvalue weighted by Crippen LogP contribution is -2.16. The highest BCUT2D eigenvalue weighted by Gasteiger charge is 2.11. The number of aromatic nitrogens is 2. The first-order chi connectivity index (χ1) is 12.5. The third-order valence-electron chi connectivity index (χ3n) is 4.02. The van der Waals surface area contributed by atoms with Gasteiger partial charge in [-0.25, -0.2) is 14.4 Å². The maximum Gasteiger partial charge on any atom is 0.275 e. The summed E-state index contributed by atoms with van der Waals surface area (Å²) < 4.78 is 13.6. The Bertz CT molecular complexity index is 905. The number of benzene rings is 2. The van der Waals surface area contributed by atoms with E-state index < -0.39 is 0 Å². The Kier molecular flexibility index (Phi) is 5.22. The van der Waals surface area contributed by atoms with Gasteiger partial charge in [-0.05, 0) is 31.0 Å². The van der Waals surface area contributed by atoms with Gasteiger partial charge in [-0.1, -0.05) is 36.4 Å². The summed E-state index contributed by atoms with van der Waals surface area (Å²) in [6, 6.07) is 12.3. The summed E-state index contributed by atoms with van der Waals surface area (Å²) in [6.45, 7) is 4.16. The Hall–Kier alpha value is -3.28. The fourth-order valence-corrected chi connectivity index (χ4v) is 2.55. The maximum absolute atomic E-state index is 13.6. The van der Waals surface area contributed by atoms with Crippen molar-refractivity contribution in [3.8, 4) is 0 Å². The monoisotopic (exact) mass is 350 g/mol. The van der Waals surface area contributed by atoms with Crippen molar-refractivity contribution in [1.82, 2.24) is 9.97 Å². The van der Waals surface area contributed by atoms with E-state index in [0.29, 0.717) is 11.4 Å². The number of halogens is 1. The average Bonchev–Trinajstić information content (AvgIpc) is 2.64. The molecule has 0 saturated heterocycles. The fourth-order valence-electron chi connectivity index (χ4n) is 2.55. The summed E-state index contributed by atoms with van der Waals surface area (Å²) in [5.74, 6) is -0.134. The van der Waals surface area contributed by atoms with Gasteiger partial charge in [0.05, 0.1) is 12.4 Å². The number of nitrogens with zero attached hydrogens (tertiary/aromatic N) is 2. The van der Waals surface area contributed by atoms with Crippen LogP contribution in [0.25, 0.3) is 0 Å². The number of hydrogen-bond acceptors (Lipinski definition) is 4. The summed E-state index contributed by atoms with van der Waals surface area (Å²) in [5.41, 5.74) is 3.49. The molecular weight excluding hydrogens is 331 g/mol. The van der Waals surface area contributed by atoms with E-state index in [2.05, 4.69) is 20.6 Å². The number of para-hydroxylation sites is 1. The van der Waals surface area contributed by atoms with Crippen molar-refractivity contribution in [2.24, 2.45) is 0 Å². The molecule has 0 radical (unpaired) electrons. The number of aryl methyl sites for hydroxylation is 2. The lowest BCUT2D eigenvalue weighted by Gasteiger charge is -2.11. The third kappa shape index (κ3) is 4.03. The van der Waals surface area contributed by atoms with Crippen molar-refractivity contribution >= 4 is 17.4 Å². The van der Waals surface area contributed by atoms with Crippen LogP contribution in [-0.2, 0) is 6.54 Å². The van der Waals surface area contributed by atoms with Crippen LogP contribution in [-0.4, -0.2) is 15.9 Å². The van der Waals surface area contributed by atoms with Gasteiger partial charge in [0, 0.05) is 17.8 Å². The summed E-state index contributed by atoms with van der Waals surface area (Å²) >= 11 is 0. The van der Waals surface area contributed by atoms with Crippen molar-refractivity contribution in [3.05, 3.63) is 83.1 Å². The molecule has 1 amide bonds. The summed E-state index contributed by atoms with van der Waals surface area (Å²) in [4.78, 5) is 20.7. The Labute approximate surface area is 151 Å². The molecule has 0 spiro atoms. The van der Waals surface area contributed by atoms with E-state index in [-0.39, 0.29) is 24.0 Å². The number of amides is 1. The van der Waals surface area contributed by atoms with Crippen molar-refractivity contribution in [1.29, 1.82) is 0 Å². The molecule has 2 aromatic carbocycles. The van der Waals surface area contributed by atoms with E-state index in [1.807, 2.05) is 32.0 Å². The third-order valence-corrected chi connectivity index (χ3v) is 4.02. The molecule has 0 aliphatic rings. The van der Waals surface area contributed by atoms with Gasteiger partial charge < -0.3 is 10.6 Å². The van der Waals surface area contributed by atoms with E-state index in [9.17, 15) is 9.18 Å². The first-order valence-electron chi connectivity index (χ1n) is 8.21. The normalized spacial score (nSPS) is 10.4. The molecule has 3 aromatic rings. The minimum absolute atomic E-state index is 0.212. The number of hydrogen-bond donors (Lipinski definition) is 2. The standard InChI is InChI=1S/C20H19FN4O/c1-13-6-5-7-14(2)19(13)25-20(26)17-11-24-18(12-22-17)23-10-15-8-3-4-9-16(15)21/h3-9,11-12H,10H2,1-2H3,(H,23,24)(H,25,26). The second-order valence-corrected chi connectivity index (χ2v) is 5.95. The largest absolute Gasteiger partial charge is 0.365 e. The molecule has 0 aliphatic carbocycles. The van der Waals surface area contributed by atoms with E-state index in [0.717, 1.165) is 16.8 Å². The number of nitrogens with one attached hydrogen (secondary N) is 2. The predicted octanol–water partition coefficient (Wildman–Crippen LogP) is 4.10. The van der Waals surface area contributed by atoms with Crippen molar-refractivity contribution in [2.45, 2.75) is 20.4 Å². The molecule has 5 nitrogen and oxygen atoms in total. The van der Waals surface area contributed by atoms with Gasteiger partial charge in [-0.2, -0.15) is 0 Å². The summed E-state index contributed by atoms with van der Waals surface area (Å²) in [7, 11) is 0. The van der Waals surface area contributed by atoms with Crippen LogP contribution in [0.5, 0.6) is 0 Å². The van der Waals surface area contributed by atoms with Crippen molar-refractivity contribution in [2.75, 3.05) is 10.6 Å². The van der Waals surface area contributed by atoms with E-state index in [1.165, 1.54) is 18.5 Å². The topological polar surface area (TPSA) is 66.9 Å². The number of carbonyl (C=O) groups is 1. The van der Waals surface area contributed by atoms with Crippen molar-refractivity contribution in [3.63, 3.8) is 0 Å². The fraction of sp³-hybridized carbons (Fsp3) is 0.150. The van der Waals surface area contributed by atoms with E-state index >= 15 is 0 Å². The Balaban J connectivity index is 1.65. The quantitative estimate of drug-likeness (QED) is 0.727. The molecule has 0 atom stereocenters. The second-order valence-electron chi connectivity index (χ2n) is 5.95. The molecule has 1 heterocycles. The van der Waals surface area contributed by atoms with Gasteiger partial charge >= 0.3 is 0 Å². The highest BCUT2D eigenvalue weighted by Crippen LogP contribution is 2.20. The number of carbonyl (C=O) groups excluding carboxylic acids is 1. The van der Waals surface area contributed by atoms with Crippen LogP contribution < -0.4 is 10.6 Å². The highest BCUT2D eigenvalue weighted by atomic mass is 19.1. The molecule has 2 N–H and O–H groups in total. The lowest BCUT2D eigenvalue weighted by molar-refractivity contribution is 0.102. The molecular formula is C20H19FN4O. The van der Waals surface area contributed by atoms with Crippen LogP contribution in [0.3, 0.4) is 0 Å². The zero-order chi connectivity index (χ0) is 18.5. The second kappa shape index (κ2) is 7.74. The summed E-state index contributed by atoms with van der Waals surface area (Å²) in [5, 5.41) is 5.86. The number of anilines is 2. The van der Waals surface area contributed by atoms with Crippen LogP contribution in [0.15, 0.2) is 54.9 Å². The molecule has 6 heteroatoms. The molecule has 26 heavy (non-hydrogen) atoms. The smallest absolute Gasteiger partial charge is 0.275 e. The number of rotatable bonds is 5. The Morgan fingerprint density at radius 2 is 1.73 bits per heavy atom. The molecule has 0 aliphatic heterocycles. The van der Waals surface area contributed by atoms with Gasteiger partial charge in [-0.3, -0.25) is 4.79 Å². The van der Waals surface area contributed by atoms with Crippen molar-refractivity contribution < 1.29 is 9.18 Å². The molecule has 0 unspecified atom stereocenters. The zero-order valence-electron chi connectivity index (χ0n) is 14.6.